The third-order valence-electron chi connectivity index (χ3n) is 3.84. The van der Waals surface area contributed by atoms with E-state index in [1.807, 2.05) is 60.7 Å². The molecule has 3 aromatic carbocycles. The number of hydrogen-bond donors (Lipinski definition) is 1. The largest absolute Gasteiger partial charge is 0.489 e. The molecule has 3 rings (SSSR count). The lowest BCUT2D eigenvalue weighted by Gasteiger charge is -2.12. The summed E-state index contributed by atoms with van der Waals surface area (Å²) >= 11 is 0. The van der Waals surface area contributed by atoms with E-state index >= 15 is 0 Å². The fourth-order valence-corrected chi connectivity index (χ4v) is 2.47. The predicted octanol–water partition coefficient (Wildman–Crippen LogP) is 4.02. The Balaban J connectivity index is 1.75. The van der Waals surface area contributed by atoms with Gasteiger partial charge in [-0.1, -0.05) is 60.7 Å². The van der Waals surface area contributed by atoms with Crippen molar-refractivity contribution in [3.63, 3.8) is 0 Å². The van der Waals surface area contributed by atoms with Gasteiger partial charge in [-0.25, -0.2) is 0 Å². The quantitative estimate of drug-likeness (QED) is 0.625. The topological polar surface area (TPSA) is 55.8 Å². The standard InChI is InChI=1S/C22H20O4/c23-14-22(24)19-11-20(25-15-17-7-3-1-4-8-17)13-21(12-19)26-16-18-9-5-2-6-10-18/h1-13,23H,14-16H2. The molecule has 0 unspecified atom stereocenters. The van der Waals surface area contributed by atoms with E-state index in [1.54, 1.807) is 18.2 Å². The van der Waals surface area contributed by atoms with E-state index in [4.69, 9.17) is 14.6 Å². The first-order valence-electron chi connectivity index (χ1n) is 8.37. The Morgan fingerprint density at radius 1 is 0.731 bits per heavy atom. The van der Waals surface area contributed by atoms with E-state index in [0.29, 0.717) is 30.3 Å². The molecular weight excluding hydrogens is 328 g/mol. The van der Waals surface area contributed by atoms with E-state index in [0.717, 1.165) is 11.1 Å². The molecule has 0 atom stereocenters. The number of carbonyl (C=O) groups is 1. The zero-order valence-electron chi connectivity index (χ0n) is 14.3. The zero-order chi connectivity index (χ0) is 18.2. The highest BCUT2D eigenvalue weighted by atomic mass is 16.5. The monoisotopic (exact) mass is 348 g/mol. The molecule has 0 spiro atoms. The highest BCUT2D eigenvalue weighted by Gasteiger charge is 2.10. The van der Waals surface area contributed by atoms with Gasteiger partial charge in [0.1, 0.15) is 31.3 Å². The summed E-state index contributed by atoms with van der Waals surface area (Å²) in [7, 11) is 0. The molecule has 0 aliphatic rings. The Morgan fingerprint density at radius 3 is 1.62 bits per heavy atom. The van der Waals surface area contributed by atoms with Gasteiger partial charge in [-0.15, -0.1) is 0 Å². The molecule has 0 aromatic heterocycles. The lowest BCUT2D eigenvalue weighted by molar-refractivity contribution is 0.0902. The van der Waals surface area contributed by atoms with Gasteiger partial charge in [0.25, 0.3) is 0 Å². The molecule has 1 N–H and O–H groups in total. The van der Waals surface area contributed by atoms with Gasteiger partial charge in [0.05, 0.1) is 0 Å². The molecule has 0 aliphatic carbocycles. The van der Waals surface area contributed by atoms with Crippen LogP contribution in [0.3, 0.4) is 0 Å². The Kier molecular flexibility index (Phi) is 6.01. The molecule has 0 radical (unpaired) electrons. The van der Waals surface area contributed by atoms with Gasteiger partial charge in [0.2, 0.25) is 0 Å². The van der Waals surface area contributed by atoms with E-state index in [2.05, 4.69) is 0 Å². The molecule has 0 fully saturated rings. The number of rotatable bonds is 8. The zero-order valence-corrected chi connectivity index (χ0v) is 14.3. The van der Waals surface area contributed by atoms with Gasteiger partial charge < -0.3 is 14.6 Å². The number of ketones is 1. The van der Waals surface area contributed by atoms with Crippen LogP contribution in [0.2, 0.25) is 0 Å². The average molecular weight is 348 g/mol. The second kappa shape index (κ2) is 8.83. The van der Waals surface area contributed by atoms with Crippen molar-refractivity contribution < 1.29 is 19.4 Å². The number of benzene rings is 3. The molecule has 0 heterocycles. The first-order valence-corrected chi connectivity index (χ1v) is 8.37. The van der Waals surface area contributed by atoms with Gasteiger partial charge in [-0.05, 0) is 23.3 Å². The Labute approximate surface area is 152 Å². The summed E-state index contributed by atoms with van der Waals surface area (Å²) in [5.41, 5.74) is 2.41. The first-order chi connectivity index (χ1) is 12.7. The molecule has 132 valence electrons. The summed E-state index contributed by atoms with van der Waals surface area (Å²) in [6, 6.07) is 24.5. The van der Waals surface area contributed by atoms with Gasteiger partial charge in [-0.2, -0.15) is 0 Å². The first kappa shape index (κ1) is 17.7. The molecule has 4 heteroatoms. The van der Waals surface area contributed by atoms with E-state index in [9.17, 15) is 4.79 Å². The van der Waals surface area contributed by atoms with Gasteiger partial charge in [0, 0.05) is 11.6 Å². The number of aliphatic hydroxyl groups is 1. The summed E-state index contributed by atoms with van der Waals surface area (Å²) in [6.45, 7) is 0.214. The third-order valence-corrected chi connectivity index (χ3v) is 3.84. The SMILES string of the molecule is O=C(CO)c1cc(OCc2ccccc2)cc(OCc2ccccc2)c1. The number of Topliss-reactive ketones (excluding diaryl/α,β-unsaturated/α-hetero) is 1. The van der Waals surface area contributed by atoms with Crippen LogP contribution >= 0.6 is 0 Å². The van der Waals surface area contributed by atoms with E-state index in [1.165, 1.54) is 0 Å². The Bertz CT molecular complexity index is 783. The summed E-state index contributed by atoms with van der Waals surface area (Å²) in [5.74, 6) is 0.673. The summed E-state index contributed by atoms with van der Waals surface area (Å²) in [6.07, 6.45) is 0. The fraction of sp³-hybridized carbons (Fsp3) is 0.136. The molecule has 0 saturated heterocycles. The van der Waals surface area contributed by atoms with Crippen molar-refractivity contribution in [1.29, 1.82) is 0 Å². The van der Waals surface area contributed by atoms with Crippen LogP contribution in [0.5, 0.6) is 11.5 Å². The summed E-state index contributed by atoms with van der Waals surface area (Å²) in [5, 5.41) is 9.15. The molecule has 0 bridgehead atoms. The minimum Gasteiger partial charge on any atom is -0.489 e. The number of carbonyl (C=O) groups excluding carboxylic acids is 1. The van der Waals surface area contributed by atoms with Gasteiger partial charge in [0.15, 0.2) is 5.78 Å². The van der Waals surface area contributed by atoms with Crippen molar-refractivity contribution >= 4 is 5.78 Å². The molecule has 0 aliphatic heterocycles. The highest BCUT2D eigenvalue weighted by molar-refractivity contribution is 5.97. The van der Waals surface area contributed by atoms with Gasteiger partial charge >= 0.3 is 0 Å². The summed E-state index contributed by atoms with van der Waals surface area (Å²) in [4.78, 5) is 11.9. The normalized spacial score (nSPS) is 10.3. The minimum absolute atomic E-state index is 0.362. The lowest BCUT2D eigenvalue weighted by Crippen LogP contribution is -2.06. The van der Waals surface area contributed by atoms with Crippen LogP contribution in [0.4, 0.5) is 0 Å². The number of hydrogen-bond acceptors (Lipinski definition) is 4. The van der Waals surface area contributed by atoms with Crippen molar-refractivity contribution in [2.75, 3.05) is 6.61 Å². The third kappa shape index (κ3) is 4.94. The van der Waals surface area contributed by atoms with Crippen LogP contribution in [0.15, 0.2) is 78.9 Å². The maximum absolute atomic E-state index is 11.9. The second-order valence-corrected chi connectivity index (χ2v) is 5.82. The van der Waals surface area contributed by atoms with E-state index < -0.39 is 6.61 Å². The predicted molar refractivity (Wildman–Crippen MR) is 99.4 cm³/mol. The van der Waals surface area contributed by atoms with Crippen LogP contribution in [-0.4, -0.2) is 17.5 Å². The van der Waals surface area contributed by atoms with Gasteiger partial charge in [-0.3, -0.25) is 4.79 Å². The molecule has 26 heavy (non-hydrogen) atoms. The highest BCUT2D eigenvalue weighted by Crippen LogP contribution is 2.25. The smallest absolute Gasteiger partial charge is 0.188 e. The number of aliphatic hydroxyl groups excluding tert-OH is 1. The average Bonchev–Trinajstić information content (AvgIpc) is 2.71. The fourth-order valence-electron chi connectivity index (χ4n) is 2.47. The summed E-state index contributed by atoms with van der Waals surface area (Å²) < 4.78 is 11.6. The van der Waals surface area contributed by atoms with Crippen LogP contribution in [-0.2, 0) is 13.2 Å². The van der Waals surface area contributed by atoms with Crippen LogP contribution in [0.25, 0.3) is 0 Å². The molecular formula is C22H20O4. The molecule has 0 saturated carbocycles. The Morgan fingerprint density at radius 2 is 1.19 bits per heavy atom. The van der Waals surface area contributed by atoms with Crippen LogP contribution < -0.4 is 9.47 Å². The minimum atomic E-state index is -0.555. The lowest BCUT2D eigenvalue weighted by atomic mass is 10.1. The van der Waals surface area contributed by atoms with Crippen molar-refractivity contribution in [3.8, 4) is 11.5 Å². The van der Waals surface area contributed by atoms with Crippen LogP contribution in [0, 0.1) is 0 Å². The van der Waals surface area contributed by atoms with E-state index in [-0.39, 0.29) is 5.78 Å². The van der Waals surface area contributed by atoms with Crippen molar-refractivity contribution in [3.05, 3.63) is 95.6 Å². The maximum Gasteiger partial charge on any atom is 0.188 e. The molecule has 4 nitrogen and oxygen atoms in total. The number of ether oxygens (including phenoxy) is 2. The Hall–Kier alpha value is -3.11. The molecule has 0 amide bonds. The van der Waals surface area contributed by atoms with Crippen molar-refractivity contribution in [1.82, 2.24) is 0 Å². The van der Waals surface area contributed by atoms with Crippen LogP contribution in [0.1, 0.15) is 21.5 Å². The van der Waals surface area contributed by atoms with Crippen molar-refractivity contribution in [2.24, 2.45) is 0 Å². The van der Waals surface area contributed by atoms with Crippen molar-refractivity contribution in [2.45, 2.75) is 13.2 Å². The molecule has 3 aromatic rings. The maximum atomic E-state index is 11.9. The second-order valence-electron chi connectivity index (χ2n) is 5.82.